The number of benzene rings is 1. The molecule has 1 N–H and O–H groups in total. The summed E-state index contributed by atoms with van der Waals surface area (Å²) >= 11 is 6.36. The Balaban J connectivity index is 2.22. The van der Waals surface area contributed by atoms with Crippen LogP contribution in [0.25, 0.3) is 0 Å². The van der Waals surface area contributed by atoms with Gasteiger partial charge >= 0.3 is 0 Å². The third kappa shape index (κ3) is 5.53. The summed E-state index contributed by atoms with van der Waals surface area (Å²) in [5, 5.41) is 3.20. The summed E-state index contributed by atoms with van der Waals surface area (Å²) in [6.07, 6.45) is 2.85. The van der Waals surface area contributed by atoms with Crippen LogP contribution in [0.5, 0.6) is 11.5 Å². The number of ether oxygens (including phenoxy) is 2. The lowest BCUT2D eigenvalue weighted by Gasteiger charge is -2.27. The Morgan fingerprint density at radius 2 is 1.86 bits per heavy atom. The maximum atomic E-state index is 12.9. The van der Waals surface area contributed by atoms with Crippen molar-refractivity contribution >= 4 is 23.4 Å². The molecule has 1 aliphatic rings. The van der Waals surface area contributed by atoms with Gasteiger partial charge in [0.2, 0.25) is 5.91 Å². The minimum Gasteiger partial charge on any atom is -0.490 e. The normalized spacial score (nSPS) is 14.9. The standard InChI is InChI=1S/C21H31ClN2O4/c1-5-11-28-19-16(22)12-15(13-17(19)27-6-2)20(25)23-18(14(3)4)21(26)24-9-7-8-10-24/h12-14,18H,5-11H2,1-4H3,(H,23,25)/t18-/m0/s1. The van der Waals surface area contributed by atoms with E-state index in [1.165, 1.54) is 0 Å². The molecule has 0 saturated carbocycles. The maximum Gasteiger partial charge on any atom is 0.252 e. The number of halogens is 1. The van der Waals surface area contributed by atoms with Gasteiger partial charge in [-0.2, -0.15) is 0 Å². The summed E-state index contributed by atoms with van der Waals surface area (Å²) in [5.41, 5.74) is 0.345. The lowest BCUT2D eigenvalue weighted by molar-refractivity contribution is -0.133. The average molecular weight is 411 g/mol. The fraction of sp³-hybridized carbons (Fsp3) is 0.619. The first-order valence-corrected chi connectivity index (χ1v) is 10.5. The highest BCUT2D eigenvalue weighted by atomic mass is 35.5. The molecule has 1 saturated heterocycles. The Bertz CT molecular complexity index is 687. The third-order valence-electron chi connectivity index (χ3n) is 4.66. The third-order valence-corrected chi connectivity index (χ3v) is 4.94. The predicted molar refractivity (Wildman–Crippen MR) is 110 cm³/mol. The zero-order valence-electron chi connectivity index (χ0n) is 17.2. The van der Waals surface area contributed by atoms with Crippen molar-refractivity contribution in [1.29, 1.82) is 0 Å². The van der Waals surface area contributed by atoms with E-state index in [9.17, 15) is 9.59 Å². The van der Waals surface area contributed by atoms with Crippen LogP contribution in [-0.4, -0.2) is 49.1 Å². The van der Waals surface area contributed by atoms with Crippen LogP contribution in [0.1, 0.15) is 57.3 Å². The van der Waals surface area contributed by atoms with E-state index in [-0.39, 0.29) is 17.7 Å². The van der Waals surface area contributed by atoms with Crippen molar-refractivity contribution in [3.05, 3.63) is 22.7 Å². The maximum absolute atomic E-state index is 12.9. The molecule has 0 bridgehead atoms. The molecular weight excluding hydrogens is 380 g/mol. The molecule has 156 valence electrons. The van der Waals surface area contributed by atoms with E-state index < -0.39 is 6.04 Å². The average Bonchev–Trinajstić information content (AvgIpc) is 3.19. The summed E-state index contributed by atoms with van der Waals surface area (Å²) in [7, 11) is 0. The summed E-state index contributed by atoms with van der Waals surface area (Å²) in [5.74, 6) is 0.470. The molecule has 2 rings (SSSR count). The van der Waals surface area contributed by atoms with Crippen molar-refractivity contribution in [2.24, 2.45) is 5.92 Å². The van der Waals surface area contributed by atoms with Crippen molar-refractivity contribution in [3.63, 3.8) is 0 Å². The molecular formula is C21H31ClN2O4. The molecule has 1 atom stereocenters. The number of carbonyl (C=O) groups excluding carboxylic acids is 2. The van der Waals surface area contributed by atoms with Gasteiger partial charge in [-0.05, 0) is 44.2 Å². The smallest absolute Gasteiger partial charge is 0.252 e. The van der Waals surface area contributed by atoms with Crippen molar-refractivity contribution < 1.29 is 19.1 Å². The highest BCUT2D eigenvalue weighted by molar-refractivity contribution is 6.32. The molecule has 1 fully saturated rings. The Kier molecular flexibility index (Phi) is 8.42. The van der Waals surface area contributed by atoms with Gasteiger partial charge in [0.15, 0.2) is 11.5 Å². The van der Waals surface area contributed by atoms with Crippen LogP contribution < -0.4 is 14.8 Å². The van der Waals surface area contributed by atoms with Gasteiger partial charge in [-0.3, -0.25) is 9.59 Å². The van der Waals surface area contributed by atoms with E-state index in [2.05, 4.69) is 5.32 Å². The van der Waals surface area contributed by atoms with Crippen molar-refractivity contribution in [2.75, 3.05) is 26.3 Å². The zero-order chi connectivity index (χ0) is 20.7. The van der Waals surface area contributed by atoms with Gasteiger partial charge in [-0.15, -0.1) is 0 Å². The Labute approximate surface area is 172 Å². The molecule has 28 heavy (non-hydrogen) atoms. The fourth-order valence-corrected chi connectivity index (χ4v) is 3.44. The van der Waals surface area contributed by atoms with Crippen molar-refractivity contribution in [3.8, 4) is 11.5 Å². The highest BCUT2D eigenvalue weighted by Gasteiger charge is 2.30. The molecule has 1 aliphatic heterocycles. The molecule has 0 radical (unpaired) electrons. The van der Waals surface area contributed by atoms with Crippen LogP contribution in [0.4, 0.5) is 0 Å². The van der Waals surface area contributed by atoms with E-state index in [0.717, 1.165) is 32.4 Å². The van der Waals surface area contributed by atoms with Gasteiger partial charge in [0.25, 0.3) is 5.91 Å². The first-order valence-electron chi connectivity index (χ1n) is 10.1. The molecule has 7 heteroatoms. The van der Waals surface area contributed by atoms with Gasteiger partial charge in [0, 0.05) is 18.7 Å². The van der Waals surface area contributed by atoms with Crippen LogP contribution in [-0.2, 0) is 4.79 Å². The first-order chi connectivity index (χ1) is 13.4. The number of amides is 2. The SMILES string of the molecule is CCCOc1c(Cl)cc(C(=O)N[C@H](C(=O)N2CCCC2)C(C)C)cc1OCC. The summed E-state index contributed by atoms with van der Waals surface area (Å²) in [6, 6.07) is 2.60. The fourth-order valence-electron chi connectivity index (χ4n) is 3.18. The topological polar surface area (TPSA) is 67.9 Å². The van der Waals surface area contributed by atoms with Gasteiger partial charge in [0.05, 0.1) is 18.2 Å². The Morgan fingerprint density at radius 1 is 1.18 bits per heavy atom. The Morgan fingerprint density at radius 3 is 2.43 bits per heavy atom. The molecule has 2 amide bonds. The number of hydrogen-bond acceptors (Lipinski definition) is 4. The number of carbonyl (C=O) groups is 2. The van der Waals surface area contributed by atoms with Crippen molar-refractivity contribution in [2.45, 2.75) is 53.0 Å². The highest BCUT2D eigenvalue weighted by Crippen LogP contribution is 2.37. The second-order valence-electron chi connectivity index (χ2n) is 7.29. The minimum atomic E-state index is -0.573. The molecule has 6 nitrogen and oxygen atoms in total. The number of hydrogen-bond donors (Lipinski definition) is 1. The summed E-state index contributed by atoms with van der Waals surface area (Å²) < 4.78 is 11.3. The number of nitrogens with one attached hydrogen (secondary N) is 1. The van der Waals surface area contributed by atoms with Gasteiger partial charge in [0.1, 0.15) is 6.04 Å². The van der Waals surface area contributed by atoms with Crippen LogP contribution >= 0.6 is 11.6 Å². The van der Waals surface area contributed by atoms with Crippen molar-refractivity contribution in [1.82, 2.24) is 10.2 Å². The minimum absolute atomic E-state index is 0.0222. The van der Waals surface area contributed by atoms with Gasteiger partial charge in [-0.1, -0.05) is 32.4 Å². The van der Waals surface area contributed by atoms with E-state index in [0.29, 0.717) is 35.3 Å². The van der Waals surface area contributed by atoms with Crippen LogP contribution in [0.15, 0.2) is 12.1 Å². The quantitative estimate of drug-likeness (QED) is 0.670. The van der Waals surface area contributed by atoms with Crippen LogP contribution in [0, 0.1) is 5.92 Å². The second-order valence-corrected chi connectivity index (χ2v) is 7.70. The molecule has 1 heterocycles. The molecule has 1 aromatic rings. The van der Waals surface area contributed by atoms with Gasteiger partial charge in [-0.25, -0.2) is 0 Å². The van der Waals surface area contributed by atoms with E-state index >= 15 is 0 Å². The zero-order valence-corrected chi connectivity index (χ0v) is 18.0. The largest absolute Gasteiger partial charge is 0.490 e. The number of likely N-dealkylation sites (tertiary alicyclic amines) is 1. The number of nitrogens with zero attached hydrogens (tertiary/aromatic N) is 1. The predicted octanol–water partition coefficient (Wildman–Crippen LogP) is 3.90. The van der Waals surface area contributed by atoms with E-state index in [1.807, 2.05) is 32.6 Å². The summed E-state index contributed by atoms with van der Waals surface area (Å²) in [6.45, 7) is 10.1. The number of rotatable bonds is 9. The monoisotopic (exact) mass is 410 g/mol. The molecule has 1 aromatic carbocycles. The van der Waals surface area contributed by atoms with Crippen LogP contribution in [0.3, 0.4) is 0 Å². The summed E-state index contributed by atoms with van der Waals surface area (Å²) in [4.78, 5) is 27.5. The Hall–Kier alpha value is -1.95. The van der Waals surface area contributed by atoms with E-state index in [4.69, 9.17) is 21.1 Å². The lowest BCUT2D eigenvalue weighted by Crippen LogP contribution is -2.50. The molecule has 0 unspecified atom stereocenters. The first kappa shape index (κ1) is 22.3. The van der Waals surface area contributed by atoms with Gasteiger partial charge < -0.3 is 19.7 Å². The second kappa shape index (κ2) is 10.6. The lowest BCUT2D eigenvalue weighted by atomic mass is 10.0. The van der Waals surface area contributed by atoms with Crippen LogP contribution in [0.2, 0.25) is 5.02 Å². The molecule has 0 spiro atoms. The molecule has 0 aromatic heterocycles. The van der Waals surface area contributed by atoms with E-state index in [1.54, 1.807) is 12.1 Å². The molecule has 0 aliphatic carbocycles.